The van der Waals surface area contributed by atoms with Gasteiger partial charge in [-0.05, 0) is 33.3 Å². The van der Waals surface area contributed by atoms with Crippen LogP contribution in [0.3, 0.4) is 0 Å². The Morgan fingerprint density at radius 3 is 1.64 bits per heavy atom. The summed E-state index contributed by atoms with van der Waals surface area (Å²) in [6.45, 7) is 5.97. The van der Waals surface area contributed by atoms with Crippen molar-refractivity contribution in [3.8, 4) is 0 Å². The highest BCUT2D eigenvalue weighted by Crippen LogP contribution is 2.37. The van der Waals surface area contributed by atoms with E-state index in [4.69, 9.17) is 0 Å². The zero-order valence-electron chi connectivity index (χ0n) is 8.21. The van der Waals surface area contributed by atoms with Crippen molar-refractivity contribution in [1.29, 1.82) is 0 Å². The summed E-state index contributed by atoms with van der Waals surface area (Å²) in [6, 6.07) is 0. The number of rotatable bonds is 1. The van der Waals surface area contributed by atoms with Gasteiger partial charge >= 0.3 is 0 Å². The maximum Gasteiger partial charge on any atom is 0.0834 e. The number of nitrogens with zero attached hydrogens (tertiary/aromatic N) is 1. The summed E-state index contributed by atoms with van der Waals surface area (Å²) in [4.78, 5) is 0. The zero-order chi connectivity index (χ0) is 9.28. The molecule has 0 aliphatic carbocycles. The molecule has 0 aromatic carbocycles. The highest BCUT2D eigenvalue weighted by atomic mass is 33.2. The Morgan fingerprint density at radius 2 is 1.64 bits per heavy atom. The molecule has 4 heteroatoms. The highest BCUT2D eigenvalue weighted by molar-refractivity contribution is 8.81. The lowest BCUT2D eigenvalue weighted by atomic mass is 10.3. The van der Waals surface area contributed by atoms with E-state index in [2.05, 4.69) is 4.36 Å². The van der Waals surface area contributed by atoms with Gasteiger partial charge in [0.05, 0.1) is 13.5 Å². The Labute approximate surface area is 72.7 Å². The molecule has 0 aromatic heterocycles. The van der Waals surface area contributed by atoms with Crippen LogP contribution in [0.25, 0.3) is 0 Å². The average Bonchev–Trinajstić information content (AvgIpc) is 1.83. The maximum absolute atomic E-state index is 12.1. The van der Waals surface area contributed by atoms with Gasteiger partial charge in [-0.2, -0.15) is 9.93 Å². The lowest BCUT2D eigenvalue weighted by Gasteiger charge is -2.28. The molecule has 0 heterocycles. The Kier molecular flexibility index (Phi) is 3.44. The first-order valence-corrected chi connectivity index (χ1v) is 7.93. The topological polar surface area (TPSA) is 29.4 Å². The first-order chi connectivity index (χ1) is 4.75. The molecule has 0 aromatic rings. The van der Waals surface area contributed by atoms with E-state index in [-0.39, 0.29) is 4.75 Å². The van der Waals surface area contributed by atoms with Crippen molar-refractivity contribution in [3.63, 3.8) is 0 Å². The lowest BCUT2D eigenvalue weighted by molar-refractivity contribution is 0.652. The van der Waals surface area contributed by atoms with Crippen LogP contribution in [0.4, 0.5) is 0 Å². The molecule has 70 valence electrons. The Bertz CT molecular complexity index is 231. The standard InChI is InChI=1S/C7H19NOS2/c1-7(2,3)11(9,8-4)10(5)6/h10H,1-6H3. The summed E-state index contributed by atoms with van der Waals surface area (Å²) >= 11 is 0. The van der Waals surface area contributed by atoms with Crippen molar-refractivity contribution in [1.82, 2.24) is 0 Å². The van der Waals surface area contributed by atoms with Crippen molar-refractivity contribution in [2.75, 3.05) is 19.6 Å². The lowest BCUT2D eigenvalue weighted by Crippen LogP contribution is -2.26. The van der Waals surface area contributed by atoms with Gasteiger partial charge in [0.25, 0.3) is 0 Å². The van der Waals surface area contributed by atoms with E-state index < -0.39 is 18.7 Å². The van der Waals surface area contributed by atoms with Gasteiger partial charge in [0, 0.05) is 7.05 Å². The maximum atomic E-state index is 12.1. The van der Waals surface area contributed by atoms with Crippen LogP contribution in [0.1, 0.15) is 20.8 Å². The summed E-state index contributed by atoms with van der Waals surface area (Å²) in [7, 11) is -0.780. The molecule has 0 fully saturated rings. The van der Waals surface area contributed by atoms with Gasteiger partial charge in [-0.3, -0.25) is 0 Å². The molecule has 0 aliphatic heterocycles. The molecular formula is C7H19NOS2. The molecule has 1 atom stereocenters. The molecule has 11 heavy (non-hydrogen) atoms. The summed E-state index contributed by atoms with van der Waals surface area (Å²) in [6.07, 6.45) is 4.05. The molecule has 1 unspecified atom stereocenters. The summed E-state index contributed by atoms with van der Waals surface area (Å²) in [5.74, 6) is 0. The second-order valence-corrected chi connectivity index (χ2v) is 11.5. The highest BCUT2D eigenvalue weighted by Gasteiger charge is 2.27. The van der Waals surface area contributed by atoms with E-state index in [0.717, 1.165) is 0 Å². The fraction of sp³-hybridized carbons (Fsp3) is 1.00. The van der Waals surface area contributed by atoms with Gasteiger partial charge < -0.3 is 0 Å². The van der Waals surface area contributed by atoms with Crippen LogP contribution >= 0.6 is 9.93 Å². The van der Waals surface area contributed by atoms with Crippen LogP contribution in [0.5, 0.6) is 0 Å². The number of hydrogen-bond acceptors (Lipinski definition) is 2. The van der Waals surface area contributed by atoms with Crippen LogP contribution in [0, 0.1) is 0 Å². The van der Waals surface area contributed by atoms with Crippen LogP contribution in [0.2, 0.25) is 0 Å². The second-order valence-electron chi connectivity index (χ2n) is 3.60. The molecule has 0 rings (SSSR count). The minimum Gasteiger partial charge on any atom is -0.240 e. The smallest absolute Gasteiger partial charge is 0.0834 e. The Hall–Kier alpha value is 0.300. The van der Waals surface area contributed by atoms with E-state index in [0.29, 0.717) is 0 Å². The molecule has 0 saturated carbocycles. The number of thiol groups is 1. The normalized spacial score (nSPS) is 18.9. The van der Waals surface area contributed by atoms with Crippen molar-refractivity contribution < 1.29 is 4.21 Å². The van der Waals surface area contributed by atoms with Crippen LogP contribution < -0.4 is 0 Å². The van der Waals surface area contributed by atoms with E-state index in [1.54, 1.807) is 7.05 Å². The quantitative estimate of drug-likeness (QED) is 0.506. The van der Waals surface area contributed by atoms with Gasteiger partial charge in [-0.15, -0.1) is 0 Å². The molecular weight excluding hydrogens is 178 g/mol. The minimum atomic E-state index is -1.97. The third kappa shape index (κ3) is 2.12. The van der Waals surface area contributed by atoms with E-state index >= 15 is 0 Å². The zero-order valence-corrected chi connectivity index (χ0v) is 9.92. The second kappa shape index (κ2) is 3.35. The summed E-state index contributed by atoms with van der Waals surface area (Å²) in [5.41, 5.74) is 0. The molecule has 0 amide bonds. The monoisotopic (exact) mass is 197 g/mol. The van der Waals surface area contributed by atoms with Gasteiger partial charge in [-0.1, -0.05) is 0 Å². The van der Waals surface area contributed by atoms with Crippen molar-refractivity contribution >= 4 is 18.7 Å². The van der Waals surface area contributed by atoms with Crippen LogP contribution in [-0.2, 0) is 8.76 Å². The first-order valence-electron chi connectivity index (χ1n) is 3.58. The van der Waals surface area contributed by atoms with Crippen LogP contribution in [0.15, 0.2) is 4.36 Å². The molecule has 0 saturated heterocycles. The summed E-state index contributed by atoms with van der Waals surface area (Å²) in [5, 5.41) is 0. The third-order valence-corrected chi connectivity index (χ3v) is 9.72. The van der Waals surface area contributed by atoms with E-state index in [1.807, 2.05) is 33.3 Å². The van der Waals surface area contributed by atoms with Crippen molar-refractivity contribution in [2.45, 2.75) is 25.5 Å². The van der Waals surface area contributed by atoms with Gasteiger partial charge in [0.1, 0.15) is 0 Å². The molecule has 0 bridgehead atoms. The predicted molar refractivity (Wildman–Crippen MR) is 57.1 cm³/mol. The average molecular weight is 197 g/mol. The first kappa shape index (κ1) is 11.3. The summed E-state index contributed by atoms with van der Waals surface area (Å²) < 4.78 is 16.0. The largest absolute Gasteiger partial charge is 0.240 e. The fourth-order valence-electron chi connectivity index (χ4n) is 0.985. The molecule has 0 N–H and O–H groups in total. The molecule has 2 nitrogen and oxygen atoms in total. The van der Waals surface area contributed by atoms with Gasteiger partial charge in [0.15, 0.2) is 0 Å². The molecule has 0 aliphatic rings. The van der Waals surface area contributed by atoms with E-state index in [9.17, 15) is 4.21 Å². The fourth-order valence-corrected chi connectivity index (χ4v) is 7.22. The van der Waals surface area contributed by atoms with E-state index in [1.165, 1.54) is 0 Å². The SMILES string of the molecule is CN=S(=O)([SH](C)C)C(C)(C)C. The Morgan fingerprint density at radius 1 is 1.27 bits per heavy atom. The third-order valence-electron chi connectivity index (χ3n) is 1.54. The van der Waals surface area contributed by atoms with Crippen LogP contribution in [-0.4, -0.2) is 28.5 Å². The van der Waals surface area contributed by atoms with Gasteiger partial charge in [-0.25, -0.2) is 8.57 Å². The van der Waals surface area contributed by atoms with Crippen molar-refractivity contribution in [2.24, 2.45) is 4.36 Å². The minimum absolute atomic E-state index is 0.184. The van der Waals surface area contributed by atoms with Crippen molar-refractivity contribution in [3.05, 3.63) is 0 Å². The molecule has 0 radical (unpaired) electrons. The van der Waals surface area contributed by atoms with Gasteiger partial charge in [0.2, 0.25) is 0 Å². The number of hydrogen-bond donors (Lipinski definition) is 1. The molecule has 0 spiro atoms. The predicted octanol–water partition coefficient (Wildman–Crippen LogP) is 2.06. The Balaban J connectivity index is 5.14.